The van der Waals surface area contributed by atoms with E-state index in [1.165, 1.54) is 23.3 Å². The van der Waals surface area contributed by atoms with Gasteiger partial charge in [0.25, 0.3) is 11.8 Å². The van der Waals surface area contributed by atoms with E-state index < -0.39 is 0 Å². The van der Waals surface area contributed by atoms with Crippen LogP contribution in [0.25, 0.3) is 0 Å². The maximum atomic E-state index is 13.0. The molecule has 1 unspecified atom stereocenters. The predicted octanol–water partition coefficient (Wildman–Crippen LogP) is 2.12. The van der Waals surface area contributed by atoms with Gasteiger partial charge in [-0.2, -0.15) is 0 Å². The third kappa shape index (κ3) is 4.19. The van der Waals surface area contributed by atoms with Crippen molar-refractivity contribution >= 4 is 11.8 Å². The monoisotopic (exact) mass is 396 g/mol. The quantitative estimate of drug-likeness (QED) is 0.856. The Morgan fingerprint density at radius 3 is 2.76 bits per heavy atom. The Morgan fingerprint density at radius 2 is 2.07 bits per heavy atom. The third-order valence-electron chi connectivity index (χ3n) is 5.85. The summed E-state index contributed by atoms with van der Waals surface area (Å²) in [5.41, 5.74) is 2.98. The topological polar surface area (TPSA) is 78.7 Å². The van der Waals surface area contributed by atoms with Crippen LogP contribution in [0.4, 0.5) is 0 Å². The van der Waals surface area contributed by atoms with Crippen LogP contribution in [-0.4, -0.2) is 60.5 Å². The molecule has 1 atom stereocenters. The molecule has 1 N–H and O–H groups in total. The molecule has 1 fully saturated rings. The first-order valence-electron chi connectivity index (χ1n) is 10.3. The lowest BCUT2D eigenvalue weighted by Crippen LogP contribution is -2.36. The van der Waals surface area contributed by atoms with Crippen LogP contribution in [0, 0.1) is 5.92 Å². The Kier molecular flexibility index (Phi) is 5.67. The van der Waals surface area contributed by atoms with E-state index >= 15 is 0 Å². The number of aromatic nitrogens is 1. The van der Waals surface area contributed by atoms with Crippen molar-refractivity contribution in [3.05, 3.63) is 52.4 Å². The van der Waals surface area contributed by atoms with Gasteiger partial charge in [-0.3, -0.25) is 9.59 Å². The first-order valence-corrected chi connectivity index (χ1v) is 10.3. The maximum absolute atomic E-state index is 13.0. The number of piperidine rings is 1. The van der Waals surface area contributed by atoms with Crippen LogP contribution in [0.5, 0.6) is 0 Å². The van der Waals surface area contributed by atoms with Crippen molar-refractivity contribution in [2.75, 3.05) is 33.7 Å². The van der Waals surface area contributed by atoms with Gasteiger partial charge >= 0.3 is 0 Å². The van der Waals surface area contributed by atoms with Crippen LogP contribution in [0.2, 0.25) is 0 Å². The van der Waals surface area contributed by atoms with Gasteiger partial charge in [-0.25, -0.2) is 0 Å². The molecular formula is C22H28N4O3. The van der Waals surface area contributed by atoms with Gasteiger partial charge in [0.15, 0.2) is 5.69 Å². The Balaban J connectivity index is 1.44. The summed E-state index contributed by atoms with van der Waals surface area (Å²) < 4.78 is 5.34. The van der Waals surface area contributed by atoms with Gasteiger partial charge in [-0.05, 0) is 56.0 Å². The van der Waals surface area contributed by atoms with E-state index in [1.54, 1.807) is 19.0 Å². The summed E-state index contributed by atoms with van der Waals surface area (Å²) in [6.45, 7) is 3.10. The number of nitrogens with one attached hydrogen (secondary N) is 1. The van der Waals surface area contributed by atoms with E-state index in [9.17, 15) is 9.59 Å². The van der Waals surface area contributed by atoms with Crippen LogP contribution in [-0.2, 0) is 19.4 Å². The highest BCUT2D eigenvalue weighted by atomic mass is 16.5. The number of nitrogens with zero attached hydrogens (tertiary/aromatic N) is 3. The van der Waals surface area contributed by atoms with E-state index in [0.29, 0.717) is 42.4 Å². The molecule has 0 aliphatic carbocycles. The second kappa shape index (κ2) is 8.37. The van der Waals surface area contributed by atoms with E-state index in [-0.39, 0.29) is 11.8 Å². The average Bonchev–Trinajstić information content (AvgIpc) is 3.17. The zero-order chi connectivity index (χ0) is 20.4. The molecule has 3 heterocycles. The van der Waals surface area contributed by atoms with Crippen molar-refractivity contribution in [3.63, 3.8) is 0 Å². The molecular weight excluding hydrogens is 368 g/mol. The van der Waals surface area contributed by atoms with Crippen molar-refractivity contribution in [3.8, 4) is 0 Å². The molecule has 0 bridgehead atoms. The Hall–Kier alpha value is -2.67. The number of hydrogen-bond donors (Lipinski definition) is 1. The minimum Gasteiger partial charge on any atom is -0.360 e. The van der Waals surface area contributed by atoms with E-state index in [1.807, 2.05) is 12.1 Å². The number of hydrogen-bond acceptors (Lipinski definition) is 5. The first-order chi connectivity index (χ1) is 14.0. The summed E-state index contributed by atoms with van der Waals surface area (Å²) >= 11 is 0. The molecule has 0 saturated carbocycles. The van der Waals surface area contributed by atoms with Gasteiger partial charge in [0, 0.05) is 38.2 Å². The molecule has 2 aliphatic rings. The smallest absolute Gasteiger partial charge is 0.275 e. The fourth-order valence-corrected chi connectivity index (χ4v) is 4.16. The van der Waals surface area contributed by atoms with E-state index in [4.69, 9.17) is 4.52 Å². The largest absolute Gasteiger partial charge is 0.360 e. The van der Waals surface area contributed by atoms with Crippen molar-refractivity contribution in [2.24, 2.45) is 5.92 Å². The number of carbonyl (C=O) groups excluding carboxylic acids is 2. The second-order valence-corrected chi connectivity index (χ2v) is 8.22. The summed E-state index contributed by atoms with van der Waals surface area (Å²) in [6.07, 6.45) is 4.11. The summed E-state index contributed by atoms with van der Waals surface area (Å²) in [5, 5.41) is 7.40. The number of rotatable bonds is 4. The van der Waals surface area contributed by atoms with Gasteiger partial charge in [0.1, 0.15) is 5.76 Å². The lowest BCUT2D eigenvalue weighted by atomic mass is 9.92. The highest BCUT2D eigenvalue weighted by molar-refractivity contribution is 5.96. The Bertz CT molecular complexity index is 882. The lowest BCUT2D eigenvalue weighted by Gasteiger charge is -2.26. The summed E-state index contributed by atoms with van der Waals surface area (Å²) in [7, 11) is 3.36. The molecule has 29 heavy (non-hydrogen) atoms. The van der Waals surface area contributed by atoms with Gasteiger partial charge in [-0.15, -0.1) is 0 Å². The molecule has 1 aromatic carbocycles. The molecule has 1 saturated heterocycles. The van der Waals surface area contributed by atoms with Gasteiger partial charge in [-0.1, -0.05) is 17.3 Å². The zero-order valence-electron chi connectivity index (χ0n) is 17.1. The molecule has 7 heteroatoms. The van der Waals surface area contributed by atoms with Crippen molar-refractivity contribution in [1.82, 2.24) is 20.3 Å². The van der Waals surface area contributed by atoms with Crippen LogP contribution in [0.1, 0.15) is 50.6 Å². The fraction of sp³-hybridized carbons (Fsp3) is 0.500. The molecule has 1 aromatic heterocycles. The highest BCUT2D eigenvalue weighted by Gasteiger charge is 2.30. The van der Waals surface area contributed by atoms with E-state index in [2.05, 4.69) is 22.6 Å². The predicted molar refractivity (Wildman–Crippen MR) is 109 cm³/mol. The molecule has 7 nitrogen and oxygen atoms in total. The zero-order valence-corrected chi connectivity index (χ0v) is 17.1. The molecule has 2 aliphatic heterocycles. The summed E-state index contributed by atoms with van der Waals surface area (Å²) in [5.74, 6) is 1.15. The van der Waals surface area contributed by atoms with Crippen molar-refractivity contribution in [2.45, 2.75) is 32.2 Å². The average molecular weight is 396 g/mol. The molecule has 2 aromatic rings. The minimum absolute atomic E-state index is 0.0222. The van der Waals surface area contributed by atoms with Gasteiger partial charge in [0.05, 0.1) is 6.54 Å². The van der Waals surface area contributed by atoms with Crippen molar-refractivity contribution in [1.29, 1.82) is 0 Å². The summed E-state index contributed by atoms with van der Waals surface area (Å²) in [6, 6.07) is 7.97. The number of benzene rings is 1. The molecule has 0 radical (unpaired) electrons. The second-order valence-electron chi connectivity index (χ2n) is 8.22. The maximum Gasteiger partial charge on any atom is 0.275 e. The third-order valence-corrected chi connectivity index (χ3v) is 5.85. The molecule has 0 spiro atoms. The molecule has 2 amide bonds. The molecule has 154 valence electrons. The number of carbonyl (C=O) groups is 2. The Morgan fingerprint density at radius 1 is 1.28 bits per heavy atom. The molecule has 4 rings (SSSR count). The number of amides is 2. The highest BCUT2D eigenvalue weighted by Crippen LogP contribution is 2.25. The van der Waals surface area contributed by atoms with E-state index in [0.717, 1.165) is 25.1 Å². The summed E-state index contributed by atoms with van der Waals surface area (Å²) in [4.78, 5) is 28.6. The van der Waals surface area contributed by atoms with Crippen LogP contribution in [0.15, 0.2) is 28.8 Å². The van der Waals surface area contributed by atoms with Crippen molar-refractivity contribution < 1.29 is 14.1 Å². The van der Waals surface area contributed by atoms with Crippen LogP contribution < -0.4 is 5.32 Å². The van der Waals surface area contributed by atoms with Gasteiger partial charge in [0.2, 0.25) is 0 Å². The standard InChI is InChI=1S/C22H28N4O3/c1-25(2)22(28)20-18-14-26(11-9-19(18)29-24-20)21(27)17-7-5-15(6-8-17)12-16-4-3-10-23-13-16/h5-8,16,23H,3-4,9-14H2,1-2H3. The van der Waals surface area contributed by atoms with Gasteiger partial charge < -0.3 is 19.6 Å². The fourth-order valence-electron chi connectivity index (χ4n) is 4.16. The first kappa shape index (κ1) is 19.6. The van der Waals surface area contributed by atoms with Crippen LogP contribution in [0.3, 0.4) is 0 Å². The lowest BCUT2D eigenvalue weighted by molar-refractivity contribution is 0.0723. The normalized spacial score (nSPS) is 19.0. The van der Waals surface area contributed by atoms with Crippen LogP contribution >= 0.6 is 0 Å². The Labute approximate surface area is 171 Å². The SMILES string of the molecule is CN(C)C(=O)c1noc2c1CN(C(=O)c1ccc(CC3CCCNC3)cc1)CC2. The number of fused-ring (bicyclic) bond motifs is 1. The minimum atomic E-state index is -0.203.